The zero-order chi connectivity index (χ0) is 16.8. The third kappa shape index (κ3) is 4.38. The lowest BCUT2D eigenvalue weighted by Gasteiger charge is -2.17. The third-order valence-electron chi connectivity index (χ3n) is 3.20. The molecule has 2 rings (SSSR count). The molecule has 0 fully saturated rings. The number of urea groups is 1. The van der Waals surface area contributed by atoms with Crippen molar-refractivity contribution in [2.24, 2.45) is 0 Å². The predicted octanol–water partition coefficient (Wildman–Crippen LogP) is 3.27. The first-order valence-corrected chi connectivity index (χ1v) is 7.35. The summed E-state index contributed by atoms with van der Waals surface area (Å²) in [5, 5.41) is 9.15. The van der Waals surface area contributed by atoms with Crippen molar-refractivity contribution in [3.8, 4) is 11.5 Å². The summed E-state index contributed by atoms with van der Waals surface area (Å²) in [5.74, 6) is 2.31. The van der Waals surface area contributed by atoms with Crippen LogP contribution < -0.4 is 20.1 Å². The standard InChI is InChI=1S/C16H21N3O4/c1-5-22-13-7-6-12(9-14(13)21-4)11(3)17-16(20)18-15-8-10(2)23-19-15/h6-9,11H,5H2,1-4H3,(H2,17,18,19,20)/t11-/m0/s1. The molecule has 0 aliphatic heterocycles. The number of carbonyl (C=O) groups is 1. The molecule has 0 radical (unpaired) electrons. The number of anilines is 1. The summed E-state index contributed by atoms with van der Waals surface area (Å²) in [4.78, 5) is 12.0. The van der Waals surface area contributed by atoms with Crippen LogP contribution in [0.1, 0.15) is 31.2 Å². The third-order valence-corrected chi connectivity index (χ3v) is 3.20. The predicted molar refractivity (Wildman–Crippen MR) is 86.0 cm³/mol. The Morgan fingerprint density at radius 2 is 2.13 bits per heavy atom. The molecule has 1 aromatic heterocycles. The van der Waals surface area contributed by atoms with Crippen LogP contribution in [0, 0.1) is 6.92 Å². The van der Waals surface area contributed by atoms with Crippen LogP contribution in [0.15, 0.2) is 28.8 Å². The topological polar surface area (TPSA) is 85.6 Å². The number of hydrogen-bond donors (Lipinski definition) is 2. The molecule has 0 bridgehead atoms. The van der Waals surface area contributed by atoms with Crippen molar-refractivity contribution in [1.29, 1.82) is 0 Å². The van der Waals surface area contributed by atoms with E-state index in [1.165, 1.54) is 0 Å². The number of hydrogen-bond acceptors (Lipinski definition) is 5. The molecule has 0 saturated carbocycles. The highest BCUT2D eigenvalue weighted by molar-refractivity contribution is 5.88. The maximum Gasteiger partial charge on any atom is 0.320 e. The average Bonchev–Trinajstić information content (AvgIpc) is 2.92. The molecule has 23 heavy (non-hydrogen) atoms. The second-order valence-electron chi connectivity index (χ2n) is 4.99. The van der Waals surface area contributed by atoms with Crippen LogP contribution in [0.3, 0.4) is 0 Å². The summed E-state index contributed by atoms with van der Waals surface area (Å²) >= 11 is 0. The molecular weight excluding hydrogens is 298 g/mol. The summed E-state index contributed by atoms with van der Waals surface area (Å²) in [6.07, 6.45) is 0. The van der Waals surface area contributed by atoms with E-state index in [0.29, 0.717) is 29.7 Å². The van der Waals surface area contributed by atoms with E-state index in [0.717, 1.165) is 5.56 Å². The van der Waals surface area contributed by atoms with Gasteiger partial charge in [-0.2, -0.15) is 0 Å². The number of ether oxygens (including phenoxy) is 2. The number of nitrogens with zero attached hydrogens (tertiary/aromatic N) is 1. The largest absolute Gasteiger partial charge is 0.493 e. The number of methoxy groups -OCH3 is 1. The molecule has 1 heterocycles. The number of aryl methyl sites for hydroxylation is 1. The van der Waals surface area contributed by atoms with Crippen molar-refractivity contribution in [2.75, 3.05) is 19.0 Å². The summed E-state index contributed by atoms with van der Waals surface area (Å²) in [7, 11) is 1.58. The number of carbonyl (C=O) groups excluding carboxylic acids is 1. The van der Waals surface area contributed by atoms with E-state index in [4.69, 9.17) is 14.0 Å². The molecule has 2 aromatic rings. The Morgan fingerprint density at radius 3 is 2.74 bits per heavy atom. The van der Waals surface area contributed by atoms with Crippen LogP contribution in [0.25, 0.3) is 0 Å². The molecule has 124 valence electrons. The van der Waals surface area contributed by atoms with E-state index in [-0.39, 0.29) is 12.1 Å². The summed E-state index contributed by atoms with van der Waals surface area (Å²) in [6, 6.07) is 6.62. The first-order chi connectivity index (χ1) is 11.0. The van der Waals surface area contributed by atoms with Gasteiger partial charge in [0.05, 0.1) is 19.8 Å². The van der Waals surface area contributed by atoms with E-state index >= 15 is 0 Å². The Hall–Kier alpha value is -2.70. The van der Waals surface area contributed by atoms with Crippen LogP contribution in [0.4, 0.5) is 10.6 Å². The molecule has 0 spiro atoms. The van der Waals surface area contributed by atoms with Crippen molar-refractivity contribution in [2.45, 2.75) is 26.8 Å². The highest BCUT2D eigenvalue weighted by Gasteiger charge is 2.14. The Balaban J connectivity index is 2.02. The molecule has 0 aliphatic rings. The van der Waals surface area contributed by atoms with Gasteiger partial charge in [0, 0.05) is 6.07 Å². The van der Waals surface area contributed by atoms with Gasteiger partial charge in [0.1, 0.15) is 5.76 Å². The molecule has 0 aliphatic carbocycles. The van der Waals surface area contributed by atoms with Crippen LogP contribution in [0.5, 0.6) is 11.5 Å². The maximum atomic E-state index is 12.0. The lowest BCUT2D eigenvalue weighted by Crippen LogP contribution is -2.31. The van der Waals surface area contributed by atoms with Crippen LogP contribution in [-0.4, -0.2) is 24.9 Å². The van der Waals surface area contributed by atoms with Gasteiger partial charge >= 0.3 is 6.03 Å². The fourth-order valence-corrected chi connectivity index (χ4v) is 2.09. The van der Waals surface area contributed by atoms with Crippen molar-refractivity contribution in [1.82, 2.24) is 10.5 Å². The number of aromatic nitrogens is 1. The maximum absolute atomic E-state index is 12.0. The van der Waals surface area contributed by atoms with Gasteiger partial charge in [-0.15, -0.1) is 0 Å². The molecule has 2 N–H and O–H groups in total. The van der Waals surface area contributed by atoms with E-state index in [1.807, 2.05) is 32.0 Å². The van der Waals surface area contributed by atoms with Crippen molar-refractivity contribution < 1.29 is 18.8 Å². The SMILES string of the molecule is CCOc1ccc([C@H](C)NC(=O)Nc2cc(C)on2)cc1OC. The molecule has 7 nitrogen and oxygen atoms in total. The zero-order valence-corrected chi connectivity index (χ0v) is 13.7. The summed E-state index contributed by atoms with van der Waals surface area (Å²) < 4.78 is 15.7. The van der Waals surface area contributed by atoms with Gasteiger partial charge in [-0.25, -0.2) is 4.79 Å². The van der Waals surface area contributed by atoms with E-state index in [9.17, 15) is 4.79 Å². The van der Waals surface area contributed by atoms with Crippen molar-refractivity contribution in [3.63, 3.8) is 0 Å². The molecule has 0 unspecified atom stereocenters. The summed E-state index contributed by atoms with van der Waals surface area (Å²) in [5.41, 5.74) is 0.900. The van der Waals surface area contributed by atoms with Crippen molar-refractivity contribution >= 4 is 11.8 Å². The quantitative estimate of drug-likeness (QED) is 0.853. The second kappa shape index (κ2) is 7.53. The first-order valence-electron chi connectivity index (χ1n) is 7.35. The molecule has 1 atom stereocenters. The minimum absolute atomic E-state index is 0.215. The lowest BCUT2D eigenvalue weighted by molar-refractivity contribution is 0.249. The number of benzene rings is 1. The number of rotatable bonds is 6. The fourth-order valence-electron chi connectivity index (χ4n) is 2.09. The minimum atomic E-state index is -0.362. The van der Waals surface area contributed by atoms with Crippen LogP contribution >= 0.6 is 0 Å². The molecule has 7 heteroatoms. The highest BCUT2D eigenvalue weighted by Crippen LogP contribution is 2.30. The summed E-state index contributed by atoms with van der Waals surface area (Å²) in [6.45, 7) is 6.10. The van der Waals surface area contributed by atoms with E-state index in [1.54, 1.807) is 20.1 Å². The van der Waals surface area contributed by atoms with E-state index in [2.05, 4.69) is 15.8 Å². The van der Waals surface area contributed by atoms with Crippen molar-refractivity contribution in [3.05, 3.63) is 35.6 Å². The van der Waals surface area contributed by atoms with E-state index < -0.39 is 0 Å². The fraction of sp³-hybridized carbons (Fsp3) is 0.375. The lowest BCUT2D eigenvalue weighted by atomic mass is 10.1. The molecule has 1 aromatic carbocycles. The van der Waals surface area contributed by atoms with Gasteiger partial charge < -0.3 is 19.3 Å². The highest BCUT2D eigenvalue weighted by atomic mass is 16.5. The van der Waals surface area contributed by atoms with Gasteiger partial charge in [0.25, 0.3) is 0 Å². The Morgan fingerprint density at radius 1 is 1.35 bits per heavy atom. The van der Waals surface area contributed by atoms with Crippen LogP contribution in [0.2, 0.25) is 0 Å². The average molecular weight is 319 g/mol. The monoisotopic (exact) mass is 319 g/mol. The van der Waals surface area contributed by atoms with Crippen LogP contribution in [-0.2, 0) is 0 Å². The van der Waals surface area contributed by atoms with Gasteiger partial charge in [-0.05, 0) is 38.5 Å². The van der Waals surface area contributed by atoms with Gasteiger partial charge in [-0.1, -0.05) is 11.2 Å². The zero-order valence-electron chi connectivity index (χ0n) is 13.7. The smallest absolute Gasteiger partial charge is 0.320 e. The Labute approximate surface area is 134 Å². The normalized spacial score (nSPS) is 11.7. The van der Waals surface area contributed by atoms with Gasteiger partial charge in [0.15, 0.2) is 17.3 Å². The first kappa shape index (κ1) is 16.7. The molecular formula is C16H21N3O4. The second-order valence-corrected chi connectivity index (χ2v) is 4.99. The van der Waals surface area contributed by atoms with Gasteiger partial charge in [-0.3, -0.25) is 5.32 Å². The molecule has 2 amide bonds. The number of amides is 2. The molecule has 0 saturated heterocycles. The minimum Gasteiger partial charge on any atom is -0.493 e. The van der Waals surface area contributed by atoms with Gasteiger partial charge in [0.2, 0.25) is 0 Å². The number of nitrogens with one attached hydrogen (secondary N) is 2. The Kier molecular flexibility index (Phi) is 5.46. The Bertz CT molecular complexity index is 669.